The molecule has 0 amide bonds. The van der Waals surface area contributed by atoms with E-state index in [1.807, 2.05) is 0 Å². The Morgan fingerprint density at radius 2 is 2.18 bits per heavy atom. The van der Waals surface area contributed by atoms with Crippen LogP contribution in [-0.4, -0.2) is 37.1 Å². The highest BCUT2D eigenvalue weighted by atomic mass is 15.2. The maximum absolute atomic E-state index is 3.54. The van der Waals surface area contributed by atoms with Crippen molar-refractivity contribution in [1.82, 2.24) is 10.2 Å². The third-order valence-corrected chi connectivity index (χ3v) is 3.63. The largest absolute Gasteiger partial charge is 0.313 e. The molecule has 1 fully saturated rings. The summed E-state index contributed by atoms with van der Waals surface area (Å²) in [6.07, 6.45) is 2.46. The molecule has 0 aromatic heterocycles. The molecule has 1 aliphatic rings. The molecule has 2 rings (SSSR count). The van der Waals surface area contributed by atoms with Crippen molar-refractivity contribution in [2.24, 2.45) is 0 Å². The minimum Gasteiger partial charge on any atom is -0.313 e. The van der Waals surface area contributed by atoms with Gasteiger partial charge in [0.05, 0.1) is 0 Å². The molecule has 0 aliphatic carbocycles. The second-order valence-electron chi connectivity index (χ2n) is 5.19. The fourth-order valence-electron chi connectivity index (χ4n) is 2.57. The first-order valence-electron chi connectivity index (χ1n) is 6.76. The third kappa shape index (κ3) is 3.83. The Morgan fingerprint density at radius 1 is 1.35 bits per heavy atom. The molecule has 0 bridgehead atoms. The summed E-state index contributed by atoms with van der Waals surface area (Å²) in [4.78, 5) is 2.59. The van der Waals surface area contributed by atoms with Crippen molar-refractivity contribution in [1.29, 1.82) is 0 Å². The Morgan fingerprint density at radius 3 is 3.00 bits per heavy atom. The predicted molar refractivity (Wildman–Crippen MR) is 73.4 cm³/mol. The minimum atomic E-state index is 0.634. The van der Waals surface area contributed by atoms with Crippen LogP contribution in [0.3, 0.4) is 0 Å². The van der Waals surface area contributed by atoms with Crippen molar-refractivity contribution in [3.8, 4) is 0 Å². The second kappa shape index (κ2) is 6.18. The van der Waals surface area contributed by atoms with Crippen LogP contribution < -0.4 is 5.32 Å². The number of nitrogens with zero attached hydrogens (tertiary/aromatic N) is 1. The van der Waals surface area contributed by atoms with E-state index < -0.39 is 0 Å². The first kappa shape index (κ1) is 12.6. The molecular formula is C15H24N2. The van der Waals surface area contributed by atoms with Gasteiger partial charge in [-0.2, -0.15) is 0 Å². The van der Waals surface area contributed by atoms with Gasteiger partial charge in [0.1, 0.15) is 0 Å². The summed E-state index contributed by atoms with van der Waals surface area (Å²) in [6, 6.07) is 9.37. The van der Waals surface area contributed by atoms with E-state index in [-0.39, 0.29) is 0 Å². The average Bonchev–Trinajstić information content (AvgIpc) is 2.53. The van der Waals surface area contributed by atoms with E-state index in [0.29, 0.717) is 6.04 Å². The molecule has 2 heteroatoms. The molecule has 1 heterocycles. The number of benzene rings is 1. The molecule has 17 heavy (non-hydrogen) atoms. The molecule has 0 spiro atoms. The van der Waals surface area contributed by atoms with E-state index in [1.54, 1.807) is 0 Å². The third-order valence-electron chi connectivity index (χ3n) is 3.63. The molecule has 1 saturated heterocycles. The number of hydrogen-bond donors (Lipinski definition) is 1. The lowest BCUT2D eigenvalue weighted by molar-refractivity contribution is 0.276. The molecule has 94 valence electrons. The number of nitrogens with one attached hydrogen (secondary N) is 1. The van der Waals surface area contributed by atoms with Gasteiger partial charge in [-0.15, -0.1) is 0 Å². The van der Waals surface area contributed by atoms with E-state index in [0.717, 1.165) is 0 Å². The lowest BCUT2D eigenvalue weighted by Gasteiger charge is -2.22. The van der Waals surface area contributed by atoms with Crippen molar-refractivity contribution < 1.29 is 0 Å². The Hall–Kier alpha value is -0.860. The molecule has 1 aromatic rings. The zero-order chi connectivity index (χ0) is 12.1. The van der Waals surface area contributed by atoms with Gasteiger partial charge in [0, 0.05) is 19.1 Å². The molecule has 0 radical (unpaired) electrons. The van der Waals surface area contributed by atoms with E-state index in [1.165, 1.54) is 50.1 Å². The zero-order valence-electron chi connectivity index (χ0n) is 11.1. The van der Waals surface area contributed by atoms with Crippen molar-refractivity contribution in [2.45, 2.75) is 32.7 Å². The van der Waals surface area contributed by atoms with Crippen molar-refractivity contribution >= 4 is 0 Å². The molecule has 1 atom stereocenters. The van der Waals surface area contributed by atoms with Crippen LogP contribution in [0.4, 0.5) is 0 Å². The summed E-state index contributed by atoms with van der Waals surface area (Å²) in [6.45, 7) is 9.28. The first-order valence-corrected chi connectivity index (χ1v) is 6.76. The van der Waals surface area contributed by atoms with Gasteiger partial charge in [-0.3, -0.25) is 0 Å². The average molecular weight is 232 g/mol. The topological polar surface area (TPSA) is 15.3 Å². The van der Waals surface area contributed by atoms with Crippen LogP contribution in [-0.2, 0) is 6.42 Å². The van der Waals surface area contributed by atoms with Gasteiger partial charge in [0.25, 0.3) is 0 Å². The highest BCUT2D eigenvalue weighted by Crippen LogP contribution is 2.09. The summed E-state index contributed by atoms with van der Waals surface area (Å²) in [5, 5.41) is 3.54. The van der Waals surface area contributed by atoms with Gasteiger partial charge >= 0.3 is 0 Å². The van der Waals surface area contributed by atoms with Crippen LogP contribution in [0.5, 0.6) is 0 Å². The van der Waals surface area contributed by atoms with E-state index >= 15 is 0 Å². The Labute approximate surface area is 105 Å². The van der Waals surface area contributed by atoms with Crippen LogP contribution in [0.1, 0.15) is 24.5 Å². The van der Waals surface area contributed by atoms with Gasteiger partial charge < -0.3 is 10.2 Å². The zero-order valence-corrected chi connectivity index (χ0v) is 11.1. The van der Waals surface area contributed by atoms with Gasteiger partial charge in [-0.25, -0.2) is 0 Å². The second-order valence-corrected chi connectivity index (χ2v) is 5.19. The van der Waals surface area contributed by atoms with Gasteiger partial charge in [0.15, 0.2) is 0 Å². The molecule has 1 aromatic carbocycles. The van der Waals surface area contributed by atoms with Gasteiger partial charge in [-0.1, -0.05) is 24.3 Å². The maximum atomic E-state index is 3.54. The van der Waals surface area contributed by atoms with E-state index in [2.05, 4.69) is 48.3 Å². The molecule has 1 N–H and O–H groups in total. The van der Waals surface area contributed by atoms with Crippen LogP contribution >= 0.6 is 0 Å². The predicted octanol–water partition coefficient (Wildman–Crippen LogP) is 2.22. The Balaban J connectivity index is 1.87. The summed E-state index contributed by atoms with van der Waals surface area (Å²) in [5.74, 6) is 0. The smallest absolute Gasteiger partial charge is 0.0166 e. The van der Waals surface area contributed by atoms with Gasteiger partial charge in [0.2, 0.25) is 0 Å². The standard InChI is InChI=1S/C15H24N2/c1-13-6-3-4-7-15(13)8-11-17-10-5-9-16-14(2)12-17/h3-4,6-7,14,16H,5,8-12H2,1-2H3. The lowest BCUT2D eigenvalue weighted by atomic mass is 10.1. The molecule has 2 nitrogen and oxygen atoms in total. The fourth-order valence-corrected chi connectivity index (χ4v) is 2.57. The number of hydrogen-bond acceptors (Lipinski definition) is 2. The van der Waals surface area contributed by atoms with Crippen molar-refractivity contribution in [3.05, 3.63) is 35.4 Å². The van der Waals surface area contributed by atoms with Crippen LogP contribution in [0, 0.1) is 6.92 Å². The Kier molecular flexibility index (Phi) is 4.57. The minimum absolute atomic E-state index is 0.634. The Bertz CT molecular complexity index is 349. The van der Waals surface area contributed by atoms with Crippen LogP contribution in [0.25, 0.3) is 0 Å². The van der Waals surface area contributed by atoms with E-state index in [4.69, 9.17) is 0 Å². The van der Waals surface area contributed by atoms with Crippen molar-refractivity contribution in [2.75, 3.05) is 26.2 Å². The first-order chi connectivity index (χ1) is 8.25. The SMILES string of the molecule is Cc1ccccc1CCN1CCCNC(C)C1. The summed E-state index contributed by atoms with van der Waals surface area (Å²) >= 11 is 0. The molecular weight excluding hydrogens is 208 g/mol. The van der Waals surface area contributed by atoms with E-state index in [9.17, 15) is 0 Å². The number of rotatable bonds is 3. The number of aryl methyl sites for hydroxylation is 1. The monoisotopic (exact) mass is 232 g/mol. The maximum Gasteiger partial charge on any atom is 0.0166 e. The lowest BCUT2D eigenvalue weighted by Crippen LogP contribution is -2.36. The highest BCUT2D eigenvalue weighted by molar-refractivity contribution is 5.25. The van der Waals surface area contributed by atoms with Gasteiger partial charge in [-0.05, 0) is 50.9 Å². The van der Waals surface area contributed by atoms with Crippen LogP contribution in [0.15, 0.2) is 24.3 Å². The molecule has 1 aliphatic heterocycles. The normalized spacial score (nSPS) is 22.4. The highest BCUT2D eigenvalue weighted by Gasteiger charge is 2.13. The fraction of sp³-hybridized carbons (Fsp3) is 0.600. The quantitative estimate of drug-likeness (QED) is 0.859. The van der Waals surface area contributed by atoms with Crippen molar-refractivity contribution in [3.63, 3.8) is 0 Å². The summed E-state index contributed by atoms with van der Waals surface area (Å²) in [5.41, 5.74) is 2.92. The summed E-state index contributed by atoms with van der Waals surface area (Å²) < 4.78 is 0. The summed E-state index contributed by atoms with van der Waals surface area (Å²) in [7, 11) is 0. The molecule has 0 saturated carbocycles. The van der Waals surface area contributed by atoms with Crippen LogP contribution in [0.2, 0.25) is 0 Å². The molecule has 1 unspecified atom stereocenters.